The molecule has 1 aromatic carbocycles. The number of aryl methyl sites for hydroxylation is 1. The summed E-state index contributed by atoms with van der Waals surface area (Å²) in [6.45, 7) is 11.8. The summed E-state index contributed by atoms with van der Waals surface area (Å²) in [5.74, 6) is 1.27. The van der Waals surface area contributed by atoms with Crippen LogP contribution < -0.4 is 9.47 Å². The molecule has 7 nitrogen and oxygen atoms in total. The lowest BCUT2D eigenvalue weighted by Crippen LogP contribution is -2.59. The van der Waals surface area contributed by atoms with E-state index in [1.165, 1.54) is 7.11 Å². The highest BCUT2D eigenvalue weighted by molar-refractivity contribution is 7.89. The van der Waals surface area contributed by atoms with E-state index < -0.39 is 10.0 Å². The molecule has 0 amide bonds. The van der Waals surface area contributed by atoms with E-state index >= 15 is 0 Å². The summed E-state index contributed by atoms with van der Waals surface area (Å²) >= 11 is 0. The summed E-state index contributed by atoms with van der Waals surface area (Å²) in [7, 11) is -0.633. The number of hydrogen-bond donors (Lipinski definition) is 0. The van der Waals surface area contributed by atoms with Crippen LogP contribution >= 0.6 is 0 Å². The van der Waals surface area contributed by atoms with Crippen molar-refractivity contribution in [1.29, 1.82) is 0 Å². The SMILES string of the molecule is COc1cc(S(=O)(=O)N2C[C@@H]3C(C)(C)C[C@]3(CN3CCOCC3)C2)c(OC)cc1C. The lowest BCUT2D eigenvalue weighted by molar-refractivity contribution is -0.0965. The summed E-state index contributed by atoms with van der Waals surface area (Å²) in [6, 6.07) is 3.34. The van der Waals surface area contributed by atoms with Crippen LogP contribution in [-0.4, -0.2) is 77.8 Å². The van der Waals surface area contributed by atoms with Gasteiger partial charge in [-0.3, -0.25) is 4.90 Å². The Balaban J connectivity index is 1.64. The van der Waals surface area contributed by atoms with Gasteiger partial charge in [0.15, 0.2) is 0 Å². The van der Waals surface area contributed by atoms with Crippen LogP contribution in [0.1, 0.15) is 25.8 Å². The largest absolute Gasteiger partial charge is 0.496 e. The molecule has 30 heavy (non-hydrogen) atoms. The quantitative estimate of drug-likeness (QED) is 0.679. The van der Waals surface area contributed by atoms with Crippen LogP contribution in [0.4, 0.5) is 0 Å². The Morgan fingerprint density at radius 3 is 2.40 bits per heavy atom. The topological polar surface area (TPSA) is 68.3 Å². The maximum atomic E-state index is 13.7. The molecule has 0 unspecified atom stereocenters. The van der Waals surface area contributed by atoms with Crippen LogP contribution in [-0.2, 0) is 14.8 Å². The van der Waals surface area contributed by atoms with Crippen LogP contribution in [0.2, 0.25) is 0 Å². The van der Waals surface area contributed by atoms with Gasteiger partial charge in [-0.05, 0) is 36.3 Å². The van der Waals surface area contributed by atoms with Crippen molar-refractivity contribution in [3.63, 3.8) is 0 Å². The Labute approximate surface area is 180 Å². The monoisotopic (exact) mass is 438 g/mol. The van der Waals surface area contributed by atoms with Crippen molar-refractivity contribution < 1.29 is 22.6 Å². The third kappa shape index (κ3) is 3.51. The van der Waals surface area contributed by atoms with E-state index in [1.807, 2.05) is 6.92 Å². The fraction of sp³-hybridized carbons (Fsp3) is 0.727. The van der Waals surface area contributed by atoms with Gasteiger partial charge in [0.1, 0.15) is 16.4 Å². The van der Waals surface area contributed by atoms with E-state index in [9.17, 15) is 8.42 Å². The number of ether oxygens (including phenoxy) is 3. The van der Waals surface area contributed by atoms with Crippen LogP contribution in [0.5, 0.6) is 11.5 Å². The van der Waals surface area contributed by atoms with Crippen molar-refractivity contribution in [2.75, 3.05) is 60.2 Å². The number of hydrogen-bond acceptors (Lipinski definition) is 6. The first-order valence-electron chi connectivity index (χ1n) is 10.7. The molecule has 168 valence electrons. The van der Waals surface area contributed by atoms with E-state index in [0.29, 0.717) is 30.5 Å². The molecule has 0 aromatic heterocycles. The fourth-order valence-electron chi connectivity index (χ4n) is 6.04. The zero-order valence-electron chi connectivity index (χ0n) is 18.7. The summed E-state index contributed by atoms with van der Waals surface area (Å²) < 4.78 is 45.4. The normalized spacial score (nSPS) is 29.3. The van der Waals surface area contributed by atoms with Crippen LogP contribution in [0, 0.1) is 23.7 Å². The maximum absolute atomic E-state index is 13.7. The predicted molar refractivity (Wildman–Crippen MR) is 115 cm³/mol. The first kappa shape index (κ1) is 21.9. The average Bonchev–Trinajstić information content (AvgIpc) is 3.03. The molecule has 4 rings (SSSR count). The predicted octanol–water partition coefficient (Wildman–Crippen LogP) is 2.38. The van der Waals surface area contributed by atoms with Crippen molar-refractivity contribution in [3.8, 4) is 11.5 Å². The summed E-state index contributed by atoms with van der Waals surface area (Å²) in [6.07, 6.45) is 1.04. The first-order chi connectivity index (χ1) is 14.1. The van der Waals surface area contributed by atoms with Crippen molar-refractivity contribution in [2.24, 2.45) is 16.7 Å². The number of fused-ring (bicyclic) bond motifs is 1. The Kier molecular flexibility index (Phi) is 5.58. The number of nitrogens with zero attached hydrogens (tertiary/aromatic N) is 2. The van der Waals surface area contributed by atoms with E-state index in [-0.39, 0.29) is 15.7 Å². The van der Waals surface area contributed by atoms with Gasteiger partial charge in [-0.2, -0.15) is 4.31 Å². The van der Waals surface area contributed by atoms with Crippen molar-refractivity contribution in [2.45, 2.75) is 32.1 Å². The van der Waals surface area contributed by atoms with Gasteiger partial charge in [-0.1, -0.05) is 13.8 Å². The van der Waals surface area contributed by atoms with Gasteiger partial charge < -0.3 is 14.2 Å². The third-order valence-corrected chi connectivity index (χ3v) is 9.14. The zero-order valence-corrected chi connectivity index (χ0v) is 19.5. The summed E-state index contributed by atoms with van der Waals surface area (Å²) in [4.78, 5) is 2.63. The van der Waals surface area contributed by atoms with Gasteiger partial charge in [-0.15, -0.1) is 0 Å². The van der Waals surface area contributed by atoms with Gasteiger partial charge in [0.25, 0.3) is 0 Å². The zero-order chi connectivity index (χ0) is 21.7. The van der Waals surface area contributed by atoms with Gasteiger partial charge in [0, 0.05) is 44.2 Å². The van der Waals surface area contributed by atoms with Crippen molar-refractivity contribution in [1.82, 2.24) is 9.21 Å². The molecule has 0 bridgehead atoms. The minimum Gasteiger partial charge on any atom is -0.496 e. The van der Waals surface area contributed by atoms with Gasteiger partial charge in [-0.25, -0.2) is 8.42 Å². The van der Waals surface area contributed by atoms with Crippen molar-refractivity contribution >= 4 is 10.0 Å². The molecule has 1 saturated carbocycles. The Morgan fingerprint density at radius 1 is 1.13 bits per heavy atom. The Bertz CT molecular complexity index is 910. The molecule has 2 saturated heterocycles. The highest BCUT2D eigenvalue weighted by atomic mass is 32.2. The molecule has 0 N–H and O–H groups in total. The van der Waals surface area contributed by atoms with Gasteiger partial charge in [0.05, 0.1) is 27.4 Å². The maximum Gasteiger partial charge on any atom is 0.246 e. The van der Waals surface area contributed by atoms with E-state index in [2.05, 4.69) is 18.7 Å². The van der Waals surface area contributed by atoms with Crippen LogP contribution in [0.25, 0.3) is 0 Å². The lowest BCUT2D eigenvalue weighted by atomic mass is 9.48. The second-order valence-corrected chi connectivity index (χ2v) is 11.6. The fourth-order valence-corrected chi connectivity index (χ4v) is 7.75. The minimum absolute atomic E-state index is 0.00985. The number of rotatable bonds is 6. The number of methoxy groups -OCH3 is 2. The molecule has 3 fully saturated rings. The molecular weight excluding hydrogens is 404 g/mol. The molecule has 8 heteroatoms. The molecule has 0 radical (unpaired) electrons. The molecular formula is C22H34N2O5S. The van der Waals surface area contributed by atoms with Crippen LogP contribution in [0.15, 0.2) is 17.0 Å². The third-order valence-electron chi connectivity index (χ3n) is 7.31. The molecule has 0 spiro atoms. The van der Waals surface area contributed by atoms with Gasteiger partial charge >= 0.3 is 0 Å². The lowest BCUT2D eigenvalue weighted by Gasteiger charge is -2.58. The molecule has 1 aromatic rings. The Morgan fingerprint density at radius 2 is 1.80 bits per heavy atom. The molecule has 1 aliphatic carbocycles. The second-order valence-electron chi connectivity index (χ2n) is 9.74. The summed E-state index contributed by atoms with van der Waals surface area (Å²) in [5, 5.41) is 0. The molecule has 3 aliphatic rings. The molecule has 2 atom stereocenters. The number of sulfonamides is 1. The molecule has 2 heterocycles. The standard InChI is InChI=1S/C22H34N2O5S/c1-16-10-18(28-5)19(11-17(16)27-4)30(25,26)24-12-20-21(2,3)13-22(20,15-24)14-23-6-8-29-9-7-23/h10-11,20H,6-9,12-15H2,1-5H3/t20-,22+/m1/s1. The molecule has 2 aliphatic heterocycles. The smallest absolute Gasteiger partial charge is 0.246 e. The highest BCUT2D eigenvalue weighted by Gasteiger charge is 2.64. The average molecular weight is 439 g/mol. The van der Waals surface area contributed by atoms with Crippen LogP contribution in [0.3, 0.4) is 0 Å². The Hall–Kier alpha value is -1.35. The summed E-state index contributed by atoms with van der Waals surface area (Å²) in [5.41, 5.74) is 1.00. The van der Waals surface area contributed by atoms with E-state index in [1.54, 1.807) is 23.5 Å². The number of morpholine rings is 1. The van der Waals surface area contributed by atoms with E-state index in [4.69, 9.17) is 14.2 Å². The van der Waals surface area contributed by atoms with E-state index in [0.717, 1.165) is 44.8 Å². The number of benzene rings is 1. The minimum atomic E-state index is -3.70. The highest BCUT2D eigenvalue weighted by Crippen LogP contribution is 2.63. The van der Waals surface area contributed by atoms with Gasteiger partial charge in [0.2, 0.25) is 10.0 Å². The first-order valence-corrected chi connectivity index (χ1v) is 12.1. The van der Waals surface area contributed by atoms with Crippen molar-refractivity contribution in [3.05, 3.63) is 17.7 Å². The second kappa shape index (κ2) is 7.65.